The monoisotopic (exact) mass is 302 g/mol. The van der Waals surface area contributed by atoms with Crippen molar-refractivity contribution in [3.05, 3.63) is 58.8 Å². The number of pyridine rings is 2. The van der Waals surface area contributed by atoms with Crippen molar-refractivity contribution in [1.29, 1.82) is 0 Å². The smallest absolute Gasteiger partial charge is 0.339 e. The van der Waals surface area contributed by atoms with E-state index < -0.39 is 5.97 Å². The van der Waals surface area contributed by atoms with E-state index in [1.165, 1.54) is 13.2 Å². The van der Waals surface area contributed by atoms with Gasteiger partial charge in [0.15, 0.2) is 5.65 Å². The number of carbonyl (C=O) groups excluding carboxylic acids is 1. The van der Waals surface area contributed by atoms with Gasteiger partial charge in [-0.15, -0.1) is 10.2 Å². The molecule has 0 aliphatic heterocycles. The molecule has 6 nitrogen and oxygen atoms in total. The van der Waals surface area contributed by atoms with Crippen LogP contribution in [0.15, 0.2) is 36.8 Å². The molecule has 0 bridgehead atoms. The summed E-state index contributed by atoms with van der Waals surface area (Å²) in [5, 5.41) is 8.54. The molecule has 0 aliphatic carbocycles. The fourth-order valence-corrected chi connectivity index (χ4v) is 2.28. The highest BCUT2D eigenvalue weighted by Crippen LogP contribution is 2.20. The Balaban J connectivity index is 2.07. The Morgan fingerprint density at radius 1 is 1.33 bits per heavy atom. The average molecular weight is 303 g/mol. The Hall–Kier alpha value is -2.47. The summed E-state index contributed by atoms with van der Waals surface area (Å²) in [5.74, 6) is 0.228. The third kappa shape index (κ3) is 2.57. The van der Waals surface area contributed by atoms with Crippen LogP contribution in [0.25, 0.3) is 5.65 Å². The van der Waals surface area contributed by atoms with Crippen LogP contribution in [-0.4, -0.2) is 32.7 Å². The predicted octanol–water partition coefficient (Wildman–Crippen LogP) is 2.16. The summed E-state index contributed by atoms with van der Waals surface area (Å²) in [6.45, 7) is 0. The van der Waals surface area contributed by atoms with Crippen LogP contribution in [0, 0.1) is 0 Å². The number of methoxy groups -OCH3 is 1. The second kappa shape index (κ2) is 5.49. The lowest BCUT2D eigenvalue weighted by atomic mass is 10.2. The maximum Gasteiger partial charge on any atom is 0.339 e. The minimum atomic E-state index is -0.456. The zero-order valence-electron chi connectivity index (χ0n) is 11.2. The van der Waals surface area contributed by atoms with E-state index in [9.17, 15) is 4.79 Å². The summed E-state index contributed by atoms with van der Waals surface area (Å²) >= 11 is 6.14. The molecule has 0 spiro atoms. The minimum Gasteiger partial charge on any atom is -0.465 e. The molecule has 0 saturated heterocycles. The second-order valence-electron chi connectivity index (χ2n) is 4.41. The van der Waals surface area contributed by atoms with Crippen molar-refractivity contribution in [3.63, 3.8) is 0 Å². The largest absolute Gasteiger partial charge is 0.465 e. The van der Waals surface area contributed by atoms with E-state index in [1.54, 1.807) is 23.0 Å². The average Bonchev–Trinajstić information content (AvgIpc) is 2.91. The molecule has 0 saturated carbocycles. The molecule has 3 aromatic rings. The number of hydrogen-bond acceptors (Lipinski definition) is 5. The minimum absolute atomic E-state index is 0.353. The first-order chi connectivity index (χ1) is 10.2. The van der Waals surface area contributed by atoms with E-state index >= 15 is 0 Å². The second-order valence-corrected chi connectivity index (χ2v) is 4.82. The van der Waals surface area contributed by atoms with Gasteiger partial charge in [-0.3, -0.25) is 9.38 Å². The normalized spacial score (nSPS) is 10.8. The topological polar surface area (TPSA) is 69.4 Å². The molecule has 3 aromatic heterocycles. The molecule has 3 rings (SSSR count). The van der Waals surface area contributed by atoms with Gasteiger partial charge >= 0.3 is 5.97 Å². The zero-order chi connectivity index (χ0) is 14.8. The van der Waals surface area contributed by atoms with E-state index in [1.807, 2.05) is 12.1 Å². The molecular formula is C14H11ClN4O2. The molecule has 0 aromatic carbocycles. The van der Waals surface area contributed by atoms with Crippen LogP contribution in [0.2, 0.25) is 5.02 Å². The number of ether oxygens (including phenoxy) is 1. The van der Waals surface area contributed by atoms with Gasteiger partial charge in [0.25, 0.3) is 0 Å². The first kappa shape index (κ1) is 13.5. The number of carbonyl (C=O) groups is 1. The van der Waals surface area contributed by atoms with Gasteiger partial charge in [-0.05, 0) is 23.8 Å². The van der Waals surface area contributed by atoms with E-state index in [0.717, 1.165) is 5.56 Å². The number of fused-ring (bicyclic) bond motifs is 1. The van der Waals surface area contributed by atoms with Crippen molar-refractivity contribution in [3.8, 4) is 0 Å². The van der Waals surface area contributed by atoms with Gasteiger partial charge in [-0.1, -0.05) is 11.6 Å². The van der Waals surface area contributed by atoms with Gasteiger partial charge in [0, 0.05) is 25.0 Å². The highest BCUT2D eigenvalue weighted by molar-refractivity contribution is 6.33. The van der Waals surface area contributed by atoms with Crippen molar-refractivity contribution >= 4 is 23.2 Å². The van der Waals surface area contributed by atoms with Crippen LogP contribution in [0.3, 0.4) is 0 Å². The van der Waals surface area contributed by atoms with Crippen LogP contribution >= 0.6 is 11.6 Å². The van der Waals surface area contributed by atoms with E-state index in [0.29, 0.717) is 28.5 Å². The number of rotatable bonds is 3. The van der Waals surface area contributed by atoms with Crippen LogP contribution in [-0.2, 0) is 11.2 Å². The van der Waals surface area contributed by atoms with Crippen molar-refractivity contribution in [1.82, 2.24) is 19.6 Å². The first-order valence-corrected chi connectivity index (χ1v) is 6.57. The molecule has 0 radical (unpaired) electrons. The summed E-state index contributed by atoms with van der Waals surface area (Å²) in [4.78, 5) is 15.6. The van der Waals surface area contributed by atoms with Crippen LogP contribution < -0.4 is 0 Å². The molecule has 0 N–H and O–H groups in total. The third-order valence-corrected chi connectivity index (χ3v) is 3.34. The summed E-state index contributed by atoms with van der Waals surface area (Å²) in [5.41, 5.74) is 1.90. The summed E-state index contributed by atoms with van der Waals surface area (Å²) in [6.07, 6.45) is 5.62. The molecule has 7 heteroatoms. The molecule has 0 unspecified atom stereocenters. The number of aromatic nitrogens is 4. The maximum atomic E-state index is 11.7. The lowest BCUT2D eigenvalue weighted by Gasteiger charge is -2.04. The van der Waals surface area contributed by atoms with E-state index in [-0.39, 0.29) is 0 Å². The van der Waals surface area contributed by atoms with Gasteiger partial charge in [-0.2, -0.15) is 0 Å². The molecular weight excluding hydrogens is 292 g/mol. The molecule has 21 heavy (non-hydrogen) atoms. The Labute approximate surface area is 125 Å². The Kier molecular flexibility index (Phi) is 3.53. The fraction of sp³-hybridized carbons (Fsp3) is 0.143. The van der Waals surface area contributed by atoms with Gasteiger partial charge in [0.05, 0.1) is 17.7 Å². The molecule has 0 fully saturated rings. The number of hydrogen-bond donors (Lipinski definition) is 0. The summed E-state index contributed by atoms with van der Waals surface area (Å²) in [6, 6.07) is 5.31. The lowest BCUT2D eigenvalue weighted by molar-refractivity contribution is 0.0600. The van der Waals surface area contributed by atoms with Gasteiger partial charge in [0.1, 0.15) is 5.82 Å². The van der Waals surface area contributed by atoms with Crippen molar-refractivity contribution in [2.75, 3.05) is 7.11 Å². The van der Waals surface area contributed by atoms with Crippen LogP contribution in [0.1, 0.15) is 21.7 Å². The number of nitrogens with zero attached hydrogens (tertiary/aromatic N) is 4. The summed E-state index contributed by atoms with van der Waals surface area (Å²) < 4.78 is 6.42. The SMILES string of the molecule is COC(=O)c1cc(Cl)c2nnc(Cc3ccncc3)n2c1. The third-order valence-electron chi connectivity index (χ3n) is 3.06. The highest BCUT2D eigenvalue weighted by atomic mass is 35.5. The summed E-state index contributed by atoms with van der Waals surface area (Å²) in [7, 11) is 1.32. The van der Waals surface area contributed by atoms with E-state index in [4.69, 9.17) is 16.3 Å². The Bertz CT molecular complexity index is 801. The Morgan fingerprint density at radius 3 is 2.81 bits per heavy atom. The van der Waals surface area contributed by atoms with Crippen molar-refractivity contribution in [2.24, 2.45) is 0 Å². The first-order valence-electron chi connectivity index (χ1n) is 6.19. The van der Waals surface area contributed by atoms with Gasteiger partial charge in [0.2, 0.25) is 0 Å². The molecule has 106 valence electrons. The lowest BCUT2D eigenvalue weighted by Crippen LogP contribution is -2.05. The standard InChI is InChI=1S/C14H11ClN4O2/c1-21-14(20)10-7-11(15)13-18-17-12(19(13)8-10)6-9-2-4-16-5-3-9/h2-5,7-8H,6H2,1H3. The van der Waals surface area contributed by atoms with Crippen LogP contribution in [0.4, 0.5) is 0 Å². The fourth-order valence-electron chi connectivity index (χ4n) is 2.03. The number of halogens is 1. The van der Waals surface area contributed by atoms with Crippen molar-refractivity contribution in [2.45, 2.75) is 6.42 Å². The zero-order valence-corrected chi connectivity index (χ0v) is 11.9. The van der Waals surface area contributed by atoms with Crippen LogP contribution in [0.5, 0.6) is 0 Å². The van der Waals surface area contributed by atoms with E-state index in [2.05, 4.69) is 15.2 Å². The highest BCUT2D eigenvalue weighted by Gasteiger charge is 2.14. The predicted molar refractivity (Wildman–Crippen MR) is 76.4 cm³/mol. The maximum absolute atomic E-state index is 11.7. The van der Waals surface area contributed by atoms with Crippen molar-refractivity contribution < 1.29 is 9.53 Å². The quantitative estimate of drug-likeness (QED) is 0.693. The number of esters is 1. The van der Waals surface area contributed by atoms with Gasteiger partial charge < -0.3 is 4.74 Å². The molecule has 0 atom stereocenters. The molecule has 3 heterocycles. The Morgan fingerprint density at radius 2 is 2.10 bits per heavy atom. The van der Waals surface area contributed by atoms with Gasteiger partial charge in [-0.25, -0.2) is 4.79 Å². The molecule has 0 amide bonds. The molecule has 0 aliphatic rings.